The van der Waals surface area contributed by atoms with Crippen molar-refractivity contribution in [3.05, 3.63) is 56.4 Å². The maximum Gasteiger partial charge on any atom is 0.325 e. The second kappa shape index (κ2) is 5.46. The number of hydrogen-bond acceptors (Lipinski definition) is 3. The van der Waals surface area contributed by atoms with Gasteiger partial charge in [-0.2, -0.15) is 0 Å². The van der Waals surface area contributed by atoms with Crippen molar-refractivity contribution in [2.75, 3.05) is 14.1 Å². The molecule has 1 aromatic carbocycles. The molecule has 0 aliphatic heterocycles. The van der Waals surface area contributed by atoms with E-state index in [0.29, 0.717) is 11.3 Å². The van der Waals surface area contributed by atoms with Gasteiger partial charge in [-0.3, -0.25) is 9.78 Å². The van der Waals surface area contributed by atoms with E-state index < -0.39 is 5.69 Å². The molecule has 0 amide bonds. The van der Waals surface area contributed by atoms with Gasteiger partial charge in [-0.05, 0) is 45.1 Å². The molecule has 1 atom stereocenters. The van der Waals surface area contributed by atoms with Gasteiger partial charge in [-0.15, -0.1) is 0 Å². The van der Waals surface area contributed by atoms with Crippen molar-refractivity contribution in [2.24, 2.45) is 0 Å². The Morgan fingerprint density at radius 1 is 1.15 bits per heavy atom. The quantitative estimate of drug-likeness (QED) is 0.893. The van der Waals surface area contributed by atoms with E-state index in [1.807, 2.05) is 38.4 Å². The van der Waals surface area contributed by atoms with E-state index in [1.54, 1.807) is 6.92 Å². The summed E-state index contributed by atoms with van der Waals surface area (Å²) in [6, 6.07) is 8.07. The van der Waals surface area contributed by atoms with E-state index in [1.165, 1.54) is 0 Å². The number of nitrogens with one attached hydrogen (secondary N) is 2. The Balaban J connectivity index is 2.58. The molecule has 2 aromatic rings. The minimum atomic E-state index is -0.478. The molecular weight excluding hydrogens is 254 g/mol. The Hall–Kier alpha value is -2.14. The number of aromatic amines is 2. The molecule has 0 spiro atoms. The lowest BCUT2D eigenvalue weighted by Crippen LogP contribution is -2.25. The number of aryl methyl sites for hydroxylation is 1. The van der Waals surface area contributed by atoms with E-state index in [2.05, 4.69) is 21.8 Å². The first-order valence-electron chi connectivity index (χ1n) is 6.50. The highest BCUT2D eigenvalue weighted by atomic mass is 16.2. The fraction of sp³-hybridized carbons (Fsp3) is 0.333. The van der Waals surface area contributed by atoms with Gasteiger partial charge in [0.25, 0.3) is 5.56 Å². The Bertz CT molecular complexity index is 728. The summed E-state index contributed by atoms with van der Waals surface area (Å²) in [4.78, 5) is 30.2. The summed E-state index contributed by atoms with van der Waals surface area (Å²) in [5, 5.41) is 0. The monoisotopic (exact) mass is 273 g/mol. The Kier molecular flexibility index (Phi) is 3.90. The average molecular weight is 273 g/mol. The van der Waals surface area contributed by atoms with Crippen LogP contribution in [0.25, 0.3) is 11.1 Å². The first-order chi connectivity index (χ1) is 9.40. The van der Waals surface area contributed by atoms with Crippen LogP contribution in [0.5, 0.6) is 0 Å². The highest BCUT2D eigenvalue weighted by Gasteiger charge is 2.12. The highest BCUT2D eigenvalue weighted by Crippen LogP contribution is 2.23. The molecule has 0 aliphatic carbocycles. The summed E-state index contributed by atoms with van der Waals surface area (Å²) in [6.45, 7) is 3.83. The SMILES string of the molecule is Cc1[nH]c(=O)[nH]c(=O)c1-c1cccc(C(C)N(C)C)c1. The van der Waals surface area contributed by atoms with Crippen molar-refractivity contribution in [2.45, 2.75) is 19.9 Å². The summed E-state index contributed by atoms with van der Waals surface area (Å²) < 4.78 is 0. The van der Waals surface area contributed by atoms with Gasteiger partial charge >= 0.3 is 5.69 Å². The molecule has 5 heteroatoms. The van der Waals surface area contributed by atoms with Crippen molar-refractivity contribution >= 4 is 0 Å². The molecule has 1 aromatic heterocycles. The smallest absolute Gasteiger partial charge is 0.311 e. The third-order valence-corrected chi connectivity index (χ3v) is 3.56. The van der Waals surface area contributed by atoms with Crippen LogP contribution in [-0.2, 0) is 0 Å². The van der Waals surface area contributed by atoms with E-state index in [-0.39, 0.29) is 11.6 Å². The zero-order chi connectivity index (χ0) is 14.9. The third kappa shape index (κ3) is 2.72. The molecule has 1 unspecified atom stereocenters. The standard InChI is InChI=1S/C15H19N3O2/c1-9-13(14(19)17-15(20)16-9)12-7-5-6-11(8-12)10(2)18(3)4/h5-8,10H,1-4H3,(H2,16,17,19,20). The van der Waals surface area contributed by atoms with E-state index >= 15 is 0 Å². The molecular formula is C15H19N3O2. The predicted molar refractivity (Wildman–Crippen MR) is 80.0 cm³/mol. The molecule has 0 bridgehead atoms. The third-order valence-electron chi connectivity index (χ3n) is 3.56. The molecule has 106 valence electrons. The summed E-state index contributed by atoms with van der Waals surface area (Å²) in [7, 11) is 4.02. The molecule has 1 heterocycles. The van der Waals surface area contributed by atoms with E-state index in [9.17, 15) is 9.59 Å². The Morgan fingerprint density at radius 3 is 2.45 bits per heavy atom. The van der Waals surface area contributed by atoms with Crippen LogP contribution in [0, 0.1) is 6.92 Å². The van der Waals surface area contributed by atoms with Crippen LogP contribution in [0.4, 0.5) is 0 Å². The van der Waals surface area contributed by atoms with Gasteiger partial charge in [0.2, 0.25) is 0 Å². The average Bonchev–Trinajstić information content (AvgIpc) is 2.36. The first kappa shape index (κ1) is 14.3. The summed E-state index contributed by atoms with van der Waals surface area (Å²) in [5.74, 6) is 0. The fourth-order valence-electron chi connectivity index (χ4n) is 2.20. The van der Waals surface area contributed by atoms with Crippen molar-refractivity contribution < 1.29 is 0 Å². The molecule has 0 radical (unpaired) electrons. The molecule has 0 aliphatic rings. The van der Waals surface area contributed by atoms with Crippen LogP contribution >= 0.6 is 0 Å². The van der Waals surface area contributed by atoms with Crippen molar-refractivity contribution in [1.29, 1.82) is 0 Å². The lowest BCUT2D eigenvalue weighted by Gasteiger charge is -2.20. The number of H-pyrrole nitrogens is 2. The number of nitrogens with zero attached hydrogens (tertiary/aromatic N) is 1. The zero-order valence-electron chi connectivity index (χ0n) is 12.2. The Morgan fingerprint density at radius 2 is 1.85 bits per heavy atom. The number of rotatable bonds is 3. The number of benzene rings is 1. The molecule has 5 nitrogen and oxygen atoms in total. The normalized spacial score (nSPS) is 12.7. The second-order valence-corrected chi connectivity index (χ2v) is 5.17. The summed E-state index contributed by atoms with van der Waals surface area (Å²) in [6.07, 6.45) is 0. The lowest BCUT2D eigenvalue weighted by atomic mass is 10.00. The second-order valence-electron chi connectivity index (χ2n) is 5.17. The first-order valence-corrected chi connectivity index (χ1v) is 6.50. The van der Waals surface area contributed by atoms with Crippen LogP contribution < -0.4 is 11.2 Å². The largest absolute Gasteiger partial charge is 0.325 e. The van der Waals surface area contributed by atoms with Crippen molar-refractivity contribution in [3.63, 3.8) is 0 Å². The van der Waals surface area contributed by atoms with Gasteiger partial charge in [0.1, 0.15) is 0 Å². The lowest BCUT2D eigenvalue weighted by molar-refractivity contribution is 0.321. The molecule has 0 saturated carbocycles. The maximum atomic E-state index is 12.0. The van der Waals surface area contributed by atoms with E-state index in [0.717, 1.165) is 11.1 Å². The molecule has 2 N–H and O–H groups in total. The molecule has 0 saturated heterocycles. The van der Waals surface area contributed by atoms with Gasteiger partial charge in [0, 0.05) is 11.7 Å². The fourth-order valence-corrected chi connectivity index (χ4v) is 2.20. The zero-order valence-corrected chi connectivity index (χ0v) is 12.2. The van der Waals surface area contributed by atoms with Gasteiger partial charge in [-0.25, -0.2) is 4.79 Å². The molecule has 20 heavy (non-hydrogen) atoms. The minimum Gasteiger partial charge on any atom is -0.311 e. The van der Waals surface area contributed by atoms with Crippen LogP contribution in [0.15, 0.2) is 33.9 Å². The van der Waals surface area contributed by atoms with E-state index in [4.69, 9.17) is 0 Å². The number of hydrogen-bond donors (Lipinski definition) is 2. The predicted octanol–water partition coefficient (Wildman–Crippen LogP) is 1.66. The maximum absolute atomic E-state index is 12.0. The van der Waals surface area contributed by atoms with Crippen LogP contribution in [-0.4, -0.2) is 29.0 Å². The molecule has 0 fully saturated rings. The molecule has 2 rings (SSSR count). The Labute approximate surface area is 117 Å². The van der Waals surface area contributed by atoms with Gasteiger partial charge < -0.3 is 9.88 Å². The van der Waals surface area contributed by atoms with Gasteiger partial charge in [0.05, 0.1) is 5.56 Å². The highest BCUT2D eigenvalue weighted by molar-refractivity contribution is 5.65. The van der Waals surface area contributed by atoms with Gasteiger partial charge in [0.15, 0.2) is 0 Å². The van der Waals surface area contributed by atoms with Crippen LogP contribution in [0.1, 0.15) is 24.2 Å². The van der Waals surface area contributed by atoms with Crippen molar-refractivity contribution in [1.82, 2.24) is 14.9 Å². The number of aromatic nitrogens is 2. The van der Waals surface area contributed by atoms with Crippen molar-refractivity contribution in [3.8, 4) is 11.1 Å². The van der Waals surface area contributed by atoms with Crippen LogP contribution in [0.3, 0.4) is 0 Å². The summed E-state index contributed by atoms with van der Waals surface area (Å²) >= 11 is 0. The van der Waals surface area contributed by atoms with Crippen LogP contribution in [0.2, 0.25) is 0 Å². The summed E-state index contributed by atoms with van der Waals surface area (Å²) in [5.41, 5.74) is 2.18. The topological polar surface area (TPSA) is 69.0 Å². The minimum absolute atomic E-state index is 0.247. The van der Waals surface area contributed by atoms with Gasteiger partial charge in [-0.1, -0.05) is 18.2 Å².